The predicted octanol–water partition coefficient (Wildman–Crippen LogP) is 3.14. The first kappa shape index (κ1) is 11.3. The third-order valence-corrected chi connectivity index (χ3v) is 3.22. The molecule has 2 nitrogen and oxygen atoms in total. The van der Waals surface area contributed by atoms with Gasteiger partial charge in [-0.05, 0) is 17.5 Å². The van der Waals surface area contributed by atoms with Crippen LogP contribution in [0.4, 0.5) is 0 Å². The van der Waals surface area contributed by atoms with Gasteiger partial charge in [0.2, 0.25) is 0 Å². The topological polar surface area (TPSA) is 38.9 Å². The highest BCUT2D eigenvalue weighted by Gasteiger charge is 2.10. The van der Waals surface area contributed by atoms with Gasteiger partial charge in [-0.2, -0.15) is 0 Å². The van der Waals surface area contributed by atoms with E-state index in [1.807, 2.05) is 10.9 Å². The van der Waals surface area contributed by atoms with Crippen LogP contribution in [0.25, 0.3) is 0 Å². The van der Waals surface area contributed by atoms with Crippen molar-refractivity contribution in [1.82, 2.24) is 4.98 Å². The first-order valence-corrected chi connectivity index (χ1v) is 6.48. The van der Waals surface area contributed by atoms with Gasteiger partial charge in [0, 0.05) is 5.38 Å². The van der Waals surface area contributed by atoms with Crippen LogP contribution >= 0.6 is 11.3 Å². The Morgan fingerprint density at radius 2 is 2.31 bits per heavy atom. The van der Waals surface area contributed by atoms with Gasteiger partial charge in [0.25, 0.3) is 0 Å². The van der Waals surface area contributed by atoms with E-state index in [-0.39, 0.29) is 6.04 Å². The molecule has 1 unspecified atom stereocenters. The second-order valence-corrected chi connectivity index (χ2v) is 4.60. The molecule has 1 aromatic carbocycles. The molecule has 0 aliphatic carbocycles. The van der Waals surface area contributed by atoms with E-state index in [0.717, 1.165) is 24.1 Å². The Bertz CT molecular complexity index is 437. The van der Waals surface area contributed by atoms with Crippen molar-refractivity contribution in [2.75, 3.05) is 0 Å². The van der Waals surface area contributed by atoms with Crippen LogP contribution in [0.15, 0.2) is 35.2 Å². The summed E-state index contributed by atoms with van der Waals surface area (Å²) in [5.74, 6) is 0. The Balaban J connectivity index is 2.23. The molecule has 0 aliphatic heterocycles. The van der Waals surface area contributed by atoms with E-state index in [1.54, 1.807) is 11.3 Å². The first-order valence-electron chi connectivity index (χ1n) is 5.53. The van der Waals surface area contributed by atoms with Gasteiger partial charge >= 0.3 is 0 Å². The van der Waals surface area contributed by atoms with E-state index in [2.05, 4.69) is 36.2 Å². The third-order valence-electron chi connectivity index (χ3n) is 2.62. The van der Waals surface area contributed by atoms with Gasteiger partial charge in [0.05, 0.1) is 17.2 Å². The normalized spacial score (nSPS) is 12.6. The second kappa shape index (κ2) is 5.23. The number of thiazole rings is 1. The summed E-state index contributed by atoms with van der Waals surface area (Å²) in [5, 5.41) is 2.01. The summed E-state index contributed by atoms with van der Waals surface area (Å²) in [5.41, 5.74) is 11.5. The van der Waals surface area contributed by atoms with Crippen LogP contribution in [0.2, 0.25) is 0 Å². The monoisotopic (exact) mass is 232 g/mol. The molecule has 0 aliphatic rings. The van der Waals surface area contributed by atoms with Crippen molar-refractivity contribution in [2.24, 2.45) is 5.73 Å². The van der Waals surface area contributed by atoms with E-state index in [4.69, 9.17) is 5.73 Å². The zero-order chi connectivity index (χ0) is 11.4. The number of aryl methyl sites for hydroxylation is 1. The van der Waals surface area contributed by atoms with Crippen LogP contribution in [0.3, 0.4) is 0 Å². The smallest absolute Gasteiger partial charge is 0.0795 e. The van der Waals surface area contributed by atoms with Gasteiger partial charge in [-0.25, -0.2) is 4.98 Å². The van der Waals surface area contributed by atoms with Crippen molar-refractivity contribution in [2.45, 2.75) is 25.8 Å². The molecule has 1 atom stereocenters. The Hall–Kier alpha value is -1.19. The minimum Gasteiger partial charge on any atom is -0.319 e. The lowest BCUT2D eigenvalue weighted by atomic mass is 10.0. The fraction of sp³-hybridized carbons (Fsp3) is 0.308. The number of rotatable bonds is 4. The quantitative estimate of drug-likeness (QED) is 0.879. The molecule has 0 saturated heterocycles. The zero-order valence-electron chi connectivity index (χ0n) is 9.39. The summed E-state index contributed by atoms with van der Waals surface area (Å²) in [6.07, 6.45) is 2.27. The summed E-state index contributed by atoms with van der Waals surface area (Å²) in [7, 11) is 0. The molecule has 3 heteroatoms. The highest BCUT2D eigenvalue weighted by molar-refractivity contribution is 7.07. The molecule has 84 valence electrons. The SMILES string of the molecule is CCCc1cccc(C(N)c2cscn2)c1. The number of hydrogen-bond donors (Lipinski definition) is 1. The first-order chi connectivity index (χ1) is 7.81. The molecule has 0 bridgehead atoms. The van der Waals surface area contributed by atoms with Crippen molar-refractivity contribution in [1.29, 1.82) is 0 Å². The molecule has 0 radical (unpaired) electrons. The maximum Gasteiger partial charge on any atom is 0.0795 e. The fourth-order valence-corrected chi connectivity index (χ4v) is 2.37. The molecule has 2 N–H and O–H groups in total. The minimum atomic E-state index is -0.0944. The maximum absolute atomic E-state index is 6.17. The third kappa shape index (κ3) is 2.49. The molecule has 16 heavy (non-hydrogen) atoms. The molecule has 0 fully saturated rings. The number of nitrogens with two attached hydrogens (primary N) is 1. The fourth-order valence-electron chi connectivity index (χ4n) is 1.78. The number of benzene rings is 1. The number of hydrogen-bond acceptors (Lipinski definition) is 3. The standard InChI is InChI=1S/C13H16N2S/c1-2-4-10-5-3-6-11(7-10)13(14)12-8-16-9-15-12/h3,5-9,13H,2,4,14H2,1H3. The minimum absolute atomic E-state index is 0.0944. The average Bonchev–Trinajstić information content (AvgIpc) is 2.82. The molecule has 0 amide bonds. The van der Waals surface area contributed by atoms with Crippen LogP contribution in [0, 0.1) is 0 Å². The van der Waals surface area contributed by atoms with Gasteiger partial charge in [-0.3, -0.25) is 0 Å². The van der Waals surface area contributed by atoms with E-state index in [1.165, 1.54) is 5.56 Å². The number of aromatic nitrogens is 1. The molecule has 1 heterocycles. The van der Waals surface area contributed by atoms with Crippen LogP contribution in [0.1, 0.15) is 36.2 Å². The summed E-state index contributed by atoms with van der Waals surface area (Å²) < 4.78 is 0. The van der Waals surface area contributed by atoms with Crippen molar-refractivity contribution < 1.29 is 0 Å². The van der Waals surface area contributed by atoms with Crippen molar-refractivity contribution >= 4 is 11.3 Å². The Morgan fingerprint density at radius 3 is 3.00 bits per heavy atom. The molecule has 0 spiro atoms. The highest BCUT2D eigenvalue weighted by atomic mass is 32.1. The van der Waals surface area contributed by atoms with Gasteiger partial charge in [0.15, 0.2) is 0 Å². The Kier molecular flexibility index (Phi) is 3.70. The van der Waals surface area contributed by atoms with E-state index >= 15 is 0 Å². The largest absolute Gasteiger partial charge is 0.319 e. The Morgan fingerprint density at radius 1 is 1.44 bits per heavy atom. The summed E-state index contributed by atoms with van der Waals surface area (Å²) in [6.45, 7) is 2.19. The van der Waals surface area contributed by atoms with Crippen molar-refractivity contribution in [3.8, 4) is 0 Å². The van der Waals surface area contributed by atoms with Crippen molar-refractivity contribution in [3.63, 3.8) is 0 Å². The second-order valence-electron chi connectivity index (χ2n) is 3.89. The molecular formula is C13H16N2S. The van der Waals surface area contributed by atoms with E-state index in [0.29, 0.717) is 0 Å². The lowest BCUT2D eigenvalue weighted by molar-refractivity contribution is 0.831. The lowest BCUT2D eigenvalue weighted by Crippen LogP contribution is -2.12. The molecule has 2 aromatic rings. The molecule has 2 rings (SSSR count). The summed E-state index contributed by atoms with van der Waals surface area (Å²) >= 11 is 1.59. The van der Waals surface area contributed by atoms with Crippen LogP contribution < -0.4 is 5.73 Å². The van der Waals surface area contributed by atoms with Gasteiger partial charge in [-0.1, -0.05) is 37.6 Å². The zero-order valence-corrected chi connectivity index (χ0v) is 10.2. The molecular weight excluding hydrogens is 216 g/mol. The lowest BCUT2D eigenvalue weighted by Gasteiger charge is -2.10. The van der Waals surface area contributed by atoms with Crippen molar-refractivity contribution in [3.05, 3.63) is 52.0 Å². The van der Waals surface area contributed by atoms with Gasteiger partial charge in [-0.15, -0.1) is 11.3 Å². The predicted molar refractivity (Wildman–Crippen MR) is 68.6 cm³/mol. The highest BCUT2D eigenvalue weighted by Crippen LogP contribution is 2.20. The van der Waals surface area contributed by atoms with Crippen LogP contribution in [0.5, 0.6) is 0 Å². The van der Waals surface area contributed by atoms with E-state index in [9.17, 15) is 0 Å². The van der Waals surface area contributed by atoms with Crippen LogP contribution in [-0.4, -0.2) is 4.98 Å². The van der Waals surface area contributed by atoms with E-state index < -0.39 is 0 Å². The molecule has 0 saturated carbocycles. The van der Waals surface area contributed by atoms with Crippen LogP contribution in [-0.2, 0) is 6.42 Å². The summed E-state index contributed by atoms with van der Waals surface area (Å²) in [6, 6.07) is 8.40. The molecule has 1 aromatic heterocycles. The average molecular weight is 232 g/mol. The van der Waals surface area contributed by atoms with Gasteiger partial charge in [0.1, 0.15) is 0 Å². The number of nitrogens with zero attached hydrogens (tertiary/aromatic N) is 1. The maximum atomic E-state index is 6.17. The summed E-state index contributed by atoms with van der Waals surface area (Å²) in [4.78, 5) is 4.26. The van der Waals surface area contributed by atoms with Gasteiger partial charge < -0.3 is 5.73 Å². The Labute approximate surface area is 100 Å².